The maximum absolute atomic E-state index is 10.5. The first-order valence-electron chi connectivity index (χ1n) is 4.55. The Kier molecular flexibility index (Phi) is 3.46. The van der Waals surface area contributed by atoms with Gasteiger partial charge in [-0.1, -0.05) is 5.57 Å². The lowest BCUT2D eigenvalue weighted by atomic mass is 10.0. The number of hydrogen-bond acceptors (Lipinski definition) is 2. The zero-order valence-electron chi connectivity index (χ0n) is 8.29. The SMILES string of the molecule is C=C(C)CCc1cc(C=O)ccc1O. The van der Waals surface area contributed by atoms with Gasteiger partial charge in [-0.05, 0) is 43.5 Å². The van der Waals surface area contributed by atoms with E-state index >= 15 is 0 Å². The molecule has 0 radical (unpaired) electrons. The van der Waals surface area contributed by atoms with Gasteiger partial charge in [0.05, 0.1) is 0 Å². The molecule has 1 rings (SSSR count). The molecule has 0 bridgehead atoms. The van der Waals surface area contributed by atoms with Crippen molar-refractivity contribution in [2.45, 2.75) is 19.8 Å². The van der Waals surface area contributed by atoms with Crippen LogP contribution in [-0.2, 0) is 6.42 Å². The van der Waals surface area contributed by atoms with Gasteiger partial charge < -0.3 is 5.11 Å². The quantitative estimate of drug-likeness (QED) is 0.585. The van der Waals surface area contributed by atoms with Crippen molar-refractivity contribution < 1.29 is 9.90 Å². The first-order valence-corrected chi connectivity index (χ1v) is 4.55. The summed E-state index contributed by atoms with van der Waals surface area (Å²) in [6.07, 6.45) is 2.34. The highest BCUT2D eigenvalue weighted by atomic mass is 16.3. The molecule has 0 fully saturated rings. The summed E-state index contributed by atoms with van der Waals surface area (Å²) in [6, 6.07) is 4.87. The Bertz CT molecular complexity index is 353. The Morgan fingerprint density at radius 3 is 2.86 bits per heavy atom. The van der Waals surface area contributed by atoms with E-state index in [2.05, 4.69) is 6.58 Å². The molecule has 1 aromatic rings. The summed E-state index contributed by atoms with van der Waals surface area (Å²) in [6.45, 7) is 5.74. The zero-order valence-corrected chi connectivity index (χ0v) is 8.29. The molecule has 0 aliphatic carbocycles. The largest absolute Gasteiger partial charge is 0.508 e. The Morgan fingerprint density at radius 2 is 2.29 bits per heavy atom. The molecule has 2 nitrogen and oxygen atoms in total. The van der Waals surface area contributed by atoms with E-state index in [0.717, 1.165) is 30.3 Å². The van der Waals surface area contributed by atoms with Crippen LogP contribution < -0.4 is 0 Å². The number of benzene rings is 1. The highest BCUT2D eigenvalue weighted by molar-refractivity contribution is 5.75. The van der Waals surface area contributed by atoms with Crippen molar-refractivity contribution in [3.05, 3.63) is 41.5 Å². The van der Waals surface area contributed by atoms with Gasteiger partial charge in [0.1, 0.15) is 12.0 Å². The molecule has 0 aliphatic rings. The van der Waals surface area contributed by atoms with E-state index < -0.39 is 0 Å². The smallest absolute Gasteiger partial charge is 0.150 e. The summed E-state index contributed by atoms with van der Waals surface area (Å²) in [5, 5.41) is 9.50. The fraction of sp³-hybridized carbons (Fsp3) is 0.250. The number of phenolic OH excluding ortho intramolecular Hbond substituents is 1. The van der Waals surface area contributed by atoms with Gasteiger partial charge in [0, 0.05) is 5.56 Å². The maximum Gasteiger partial charge on any atom is 0.150 e. The Morgan fingerprint density at radius 1 is 1.57 bits per heavy atom. The number of hydrogen-bond donors (Lipinski definition) is 1. The molecule has 0 aromatic heterocycles. The summed E-state index contributed by atoms with van der Waals surface area (Å²) in [4.78, 5) is 10.5. The van der Waals surface area contributed by atoms with E-state index in [1.54, 1.807) is 18.2 Å². The van der Waals surface area contributed by atoms with Crippen molar-refractivity contribution in [3.63, 3.8) is 0 Å². The number of allylic oxidation sites excluding steroid dienone is 1. The van der Waals surface area contributed by atoms with E-state index in [-0.39, 0.29) is 5.75 Å². The molecule has 0 atom stereocenters. The molecule has 1 N–H and O–H groups in total. The third kappa shape index (κ3) is 2.73. The highest BCUT2D eigenvalue weighted by Crippen LogP contribution is 2.20. The van der Waals surface area contributed by atoms with Crippen LogP contribution in [0.4, 0.5) is 0 Å². The predicted octanol–water partition coefficient (Wildman–Crippen LogP) is 2.71. The molecule has 2 heteroatoms. The average molecular weight is 190 g/mol. The van der Waals surface area contributed by atoms with Crippen LogP contribution in [0.2, 0.25) is 0 Å². The van der Waals surface area contributed by atoms with Crippen molar-refractivity contribution in [2.24, 2.45) is 0 Å². The van der Waals surface area contributed by atoms with E-state index in [9.17, 15) is 9.90 Å². The number of rotatable bonds is 4. The second-order valence-electron chi connectivity index (χ2n) is 3.46. The maximum atomic E-state index is 10.5. The molecule has 0 amide bonds. The minimum atomic E-state index is 0.247. The first-order chi connectivity index (χ1) is 6.63. The van der Waals surface area contributed by atoms with E-state index in [1.807, 2.05) is 6.92 Å². The van der Waals surface area contributed by atoms with Gasteiger partial charge in [-0.2, -0.15) is 0 Å². The minimum Gasteiger partial charge on any atom is -0.508 e. The van der Waals surface area contributed by atoms with Gasteiger partial charge in [-0.3, -0.25) is 4.79 Å². The van der Waals surface area contributed by atoms with Crippen LogP contribution in [0.5, 0.6) is 5.75 Å². The normalized spacial score (nSPS) is 9.79. The van der Waals surface area contributed by atoms with Gasteiger partial charge in [-0.25, -0.2) is 0 Å². The molecular formula is C12H14O2. The van der Waals surface area contributed by atoms with E-state index in [1.165, 1.54) is 0 Å². The molecule has 0 aliphatic heterocycles. The molecule has 1 aromatic carbocycles. The molecule has 0 spiro atoms. The van der Waals surface area contributed by atoms with Crippen molar-refractivity contribution >= 4 is 6.29 Å². The standard InChI is InChI=1S/C12H14O2/c1-9(2)3-5-11-7-10(8-13)4-6-12(11)14/h4,6-8,14H,1,3,5H2,2H3. The van der Waals surface area contributed by atoms with E-state index in [0.29, 0.717) is 5.56 Å². The number of phenols is 1. The molecule has 14 heavy (non-hydrogen) atoms. The van der Waals surface area contributed by atoms with Crippen LogP contribution in [0.1, 0.15) is 29.3 Å². The predicted molar refractivity (Wildman–Crippen MR) is 56.6 cm³/mol. The molecule has 0 saturated heterocycles. The third-order valence-corrected chi connectivity index (χ3v) is 2.06. The number of aldehydes is 1. The van der Waals surface area contributed by atoms with Crippen LogP contribution in [-0.4, -0.2) is 11.4 Å². The lowest BCUT2D eigenvalue weighted by Crippen LogP contribution is -1.89. The second kappa shape index (κ2) is 4.61. The van der Waals surface area contributed by atoms with Crippen molar-refractivity contribution in [1.82, 2.24) is 0 Å². The van der Waals surface area contributed by atoms with Gasteiger partial charge in [0.25, 0.3) is 0 Å². The van der Waals surface area contributed by atoms with Gasteiger partial charge >= 0.3 is 0 Å². The van der Waals surface area contributed by atoms with E-state index in [4.69, 9.17) is 0 Å². The van der Waals surface area contributed by atoms with Crippen LogP contribution in [0, 0.1) is 0 Å². The Balaban J connectivity index is 2.83. The third-order valence-electron chi connectivity index (χ3n) is 2.06. The summed E-state index contributed by atoms with van der Waals surface area (Å²) in [5.41, 5.74) is 2.47. The lowest BCUT2D eigenvalue weighted by molar-refractivity contribution is 0.112. The monoisotopic (exact) mass is 190 g/mol. The number of carbonyl (C=O) groups excluding carboxylic acids is 1. The Labute approximate surface area is 83.9 Å². The fourth-order valence-electron chi connectivity index (χ4n) is 1.23. The lowest BCUT2D eigenvalue weighted by Gasteiger charge is -2.04. The molecule has 0 unspecified atom stereocenters. The highest BCUT2D eigenvalue weighted by Gasteiger charge is 2.02. The van der Waals surface area contributed by atoms with Crippen LogP contribution >= 0.6 is 0 Å². The van der Waals surface area contributed by atoms with Crippen LogP contribution in [0.3, 0.4) is 0 Å². The minimum absolute atomic E-state index is 0.247. The summed E-state index contributed by atoms with van der Waals surface area (Å²) < 4.78 is 0. The first kappa shape index (κ1) is 10.5. The Hall–Kier alpha value is -1.57. The molecule has 0 saturated carbocycles. The summed E-state index contributed by atoms with van der Waals surface area (Å²) in [5.74, 6) is 0.247. The number of carbonyl (C=O) groups is 1. The number of aromatic hydroxyl groups is 1. The second-order valence-corrected chi connectivity index (χ2v) is 3.46. The van der Waals surface area contributed by atoms with Crippen LogP contribution in [0.15, 0.2) is 30.4 Å². The zero-order chi connectivity index (χ0) is 10.6. The summed E-state index contributed by atoms with van der Waals surface area (Å²) >= 11 is 0. The topological polar surface area (TPSA) is 37.3 Å². The number of aryl methyl sites for hydroxylation is 1. The van der Waals surface area contributed by atoms with Crippen molar-refractivity contribution in [1.29, 1.82) is 0 Å². The van der Waals surface area contributed by atoms with Crippen molar-refractivity contribution in [2.75, 3.05) is 0 Å². The van der Waals surface area contributed by atoms with Crippen LogP contribution in [0.25, 0.3) is 0 Å². The molecular weight excluding hydrogens is 176 g/mol. The molecule has 74 valence electrons. The fourth-order valence-corrected chi connectivity index (χ4v) is 1.23. The summed E-state index contributed by atoms with van der Waals surface area (Å²) in [7, 11) is 0. The van der Waals surface area contributed by atoms with Gasteiger partial charge in [0.15, 0.2) is 0 Å². The van der Waals surface area contributed by atoms with Gasteiger partial charge in [-0.15, -0.1) is 6.58 Å². The molecule has 0 heterocycles. The van der Waals surface area contributed by atoms with Crippen molar-refractivity contribution in [3.8, 4) is 5.75 Å². The van der Waals surface area contributed by atoms with Gasteiger partial charge in [0.2, 0.25) is 0 Å². The average Bonchev–Trinajstić information content (AvgIpc) is 2.16.